The van der Waals surface area contributed by atoms with E-state index in [9.17, 15) is 16.8 Å². The predicted octanol–water partition coefficient (Wildman–Crippen LogP) is 2.57. The summed E-state index contributed by atoms with van der Waals surface area (Å²) in [6, 6.07) is 8.61. The van der Waals surface area contributed by atoms with Gasteiger partial charge in [0.1, 0.15) is 0 Å². The van der Waals surface area contributed by atoms with Crippen LogP contribution in [0.3, 0.4) is 0 Å². The Morgan fingerprint density at radius 1 is 1.14 bits per heavy atom. The minimum Gasteiger partial charge on any atom is -0.270 e. The molecule has 1 aliphatic rings. The van der Waals surface area contributed by atoms with Crippen LogP contribution in [0.2, 0.25) is 0 Å². The molecule has 0 saturated carbocycles. The van der Waals surface area contributed by atoms with Gasteiger partial charge in [0.25, 0.3) is 0 Å². The van der Waals surface area contributed by atoms with E-state index in [-0.39, 0.29) is 10.6 Å². The Morgan fingerprint density at radius 2 is 1.86 bits per heavy atom. The van der Waals surface area contributed by atoms with Gasteiger partial charge < -0.3 is 0 Å². The molecule has 7 nitrogen and oxygen atoms in total. The summed E-state index contributed by atoms with van der Waals surface area (Å²) in [5.41, 5.74) is 2.03. The smallest absolute Gasteiger partial charge is 0.243 e. The molecule has 1 fully saturated rings. The second-order valence-corrected chi connectivity index (χ2v) is 11.1. The average molecular weight is 438 g/mol. The first kappa shape index (κ1) is 21.7. The monoisotopic (exact) mass is 437 g/mol. The van der Waals surface area contributed by atoms with Gasteiger partial charge in [-0.3, -0.25) is 9.29 Å². The lowest BCUT2D eigenvalue weighted by atomic mass is 10.2. The number of sulfonamides is 2. The molecular formula is C20H27N3O4S2. The second kappa shape index (κ2) is 8.81. The van der Waals surface area contributed by atoms with Crippen LogP contribution in [-0.2, 0) is 26.5 Å². The first-order valence-corrected chi connectivity index (χ1v) is 12.8. The Morgan fingerprint density at radius 3 is 2.52 bits per heavy atom. The molecule has 0 unspecified atom stereocenters. The van der Waals surface area contributed by atoms with Crippen LogP contribution in [0.4, 0.5) is 5.69 Å². The molecule has 9 heteroatoms. The molecule has 1 aromatic heterocycles. The summed E-state index contributed by atoms with van der Waals surface area (Å²) in [6.07, 6.45) is 5.35. The van der Waals surface area contributed by atoms with Gasteiger partial charge in [-0.25, -0.2) is 16.8 Å². The molecule has 3 rings (SSSR count). The van der Waals surface area contributed by atoms with Gasteiger partial charge in [0.2, 0.25) is 20.0 Å². The van der Waals surface area contributed by atoms with E-state index in [4.69, 9.17) is 0 Å². The van der Waals surface area contributed by atoms with Crippen LogP contribution >= 0.6 is 0 Å². The summed E-state index contributed by atoms with van der Waals surface area (Å²) in [5.74, 6) is 0.0932. The highest BCUT2D eigenvalue weighted by Gasteiger charge is 2.29. The van der Waals surface area contributed by atoms with Gasteiger partial charge in [0.05, 0.1) is 16.3 Å². The quantitative estimate of drug-likeness (QED) is 0.664. The van der Waals surface area contributed by atoms with Crippen molar-refractivity contribution in [3.63, 3.8) is 0 Å². The summed E-state index contributed by atoms with van der Waals surface area (Å²) >= 11 is 0. The van der Waals surface area contributed by atoms with Gasteiger partial charge in [-0.2, -0.15) is 4.31 Å². The summed E-state index contributed by atoms with van der Waals surface area (Å²) in [5, 5.41) is 0. The molecule has 1 saturated heterocycles. The minimum atomic E-state index is -3.75. The van der Waals surface area contributed by atoms with Gasteiger partial charge in [0, 0.05) is 32.0 Å². The highest BCUT2D eigenvalue weighted by Crippen LogP contribution is 2.29. The van der Waals surface area contributed by atoms with Crippen molar-refractivity contribution in [3.8, 4) is 0 Å². The van der Waals surface area contributed by atoms with E-state index in [1.807, 2.05) is 12.1 Å². The van der Waals surface area contributed by atoms with E-state index < -0.39 is 20.0 Å². The lowest BCUT2D eigenvalue weighted by molar-refractivity contribution is 0.430. The lowest BCUT2D eigenvalue weighted by Gasteiger charge is -2.29. The largest absolute Gasteiger partial charge is 0.270 e. The predicted molar refractivity (Wildman–Crippen MR) is 114 cm³/mol. The van der Waals surface area contributed by atoms with Gasteiger partial charge in [0.15, 0.2) is 0 Å². The van der Waals surface area contributed by atoms with Crippen LogP contribution in [-0.4, -0.2) is 51.5 Å². The van der Waals surface area contributed by atoms with Crippen molar-refractivity contribution in [2.75, 3.05) is 29.7 Å². The molecule has 0 atom stereocenters. The molecule has 0 amide bonds. The fraction of sp³-hybridized carbons (Fsp3) is 0.450. The maximum absolute atomic E-state index is 13.3. The summed E-state index contributed by atoms with van der Waals surface area (Å²) in [7, 11) is -7.16. The van der Waals surface area contributed by atoms with Crippen molar-refractivity contribution in [2.45, 2.75) is 38.0 Å². The molecule has 0 N–H and O–H groups in total. The zero-order valence-corrected chi connectivity index (χ0v) is 18.4. The third-order valence-electron chi connectivity index (χ3n) is 5.18. The van der Waals surface area contributed by atoms with E-state index >= 15 is 0 Å². The molecule has 2 heterocycles. The molecule has 29 heavy (non-hydrogen) atoms. The first-order valence-electron chi connectivity index (χ1n) is 9.76. The van der Waals surface area contributed by atoms with Crippen LogP contribution in [0.15, 0.2) is 47.6 Å². The maximum atomic E-state index is 13.3. The number of benzene rings is 1. The van der Waals surface area contributed by atoms with Crippen LogP contribution < -0.4 is 4.31 Å². The Kier molecular flexibility index (Phi) is 6.60. The van der Waals surface area contributed by atoms with Crippen molar-refractivity contribution in [2.24, 2.45) is 0 Å². The zero-order chi connectivity index (χ0) is 21.1. The number of rotatable bonds is 7. The van der Waals surface area contributed by atoms with Crippen molar-refractivity contribution in [3.05, 3.63) is 53.9 Å². The highest BCUT2D eigenvalue weighted by atomic mass is 32.2. The van der Waals surface area contributed by atoms with Gasteiger partial charge in [-0.05, 0) is 61.6 Å². The van der Waals surface area contributed by atoms with Crippen molar-refractivity contribution < 1.29 is 16.8 Å². The third kappa shape index (κ3) is 4.79. The van der Waals surface area contributed by atoms with Crippen molar-refractivity contribution >= 4 is 25.7 Å². The van der Waals surface area contributed by atoms with Crippen LogP contribution in [0.1, 0.15) is 30.9 Å². The maximum Gasteiger partial charge on any atom is 0.243 e. The molecule has 158 valence electrons. The Hall–Kier alpha value is -1.97. The second-order valence-electron chi connectivity index (χ2n) is 7.15. The minimum absolute atomic E-state index is 0.0932. The standard InChI is InChI=1S/C20H27N3O4S2/c1-3-22(14-10-18-8-11-21-12-9-18)29(26,27)20-16-19(7-6-17(20)2)23-13-4-5-15-28(23,24)25/h6-9,11-12,16H,3-5,10,13-15H2,1-2H3. The molecule has 1 aliphatic heterocycles. The number of likely N-dealkylation sites (N-methyl/N-ethyl adjacent to an activating group) is 1. The number of aryl methyl sites for hydroxylation is 1. The topological polar surface area (TPSA) is 87.7 Å². The number of aromatic nitrogens is 1. The molecule has 0 radical (unpaired) electrons. The molecule has 2 aromatic rings. The Labute approximate surface area is 173 Å². The van der Waals surface area contributed by atoms with Gasteiger partial charge in [-0.1, -0.05) is 13.0 Å². The summed E-state index contributed by atoms with van der Waals surface area (Å²) in [4.78, 5) is 4.14. The Balaban J connectivity index is 1.90. The molecule has 1 aromatic carbocycles. The lowest BCUT2D eigenvalue weighted by Crippen LogP contribution is -2.38. The molecule has 0 spiro atoms. The fourth-order valence-corrected chi connectivity index (χ4v) is 6.82. The van der Waals surface area contributed by atoms with E-state index in [1.54, 1.807) is 38.4 Å². The highest BCUT2D eigenvalue weighted by molar-refractivity contribution is 7.92. The van der Waals surface area contributed by atoms with Crippen LogP contribution in [0, 0.1) is 6.92 Å². The number of pyridine rings is 1. The fourth-order valence-electron chi connectivity index (χ4n) is 3.49. The normalized spacial score (nSPS) is 16.9. The number of hydrogen-bond donors (Lipinski definition) is 0. The average Bonchev–Trinajstić information content (AvgIpc) is 2.69. The van der Waals surface area contributed by atoms with Crippen LogP contribution in [0.25, 0.3) is 0 Å². The van der Waals surface area contributed by atoms with Crippen LogP contribution in [0.5, 0.6) is 0 Å². The summed E-state index contributed by atoms with van der Waals surface area (Å²) < 4.78 is 54.3. The SMILES string of the molecule is CCN(CCc1ccncc1)S(=O)(=O)c1cc(N2CCCCS2(=O)=O)ccc1C. The number of nitrogens with zero attached hydrogens (tertiary/aromatic N) is 3. The van der Waals surface area contributed by atoms with E-state index in [0.29, 0.717) is 43.7 Å². The van der Waals surface area contributed by atoms with Gasteiger partial charge in [-0.15, -0.1) is 0 Å². The van der Waals surface area contributed by atoms with Crippen molar-refractivity contribution in [1.82, 2.24) is 9.29 Å². The zero-order valence-electron chi connectivity index (χ0n) is 16.8. The van der Waals surface area contributed by atoms with Gasteiger partial charge >= 0.3 is 0 Å². The Bertz CT molecular complexity index is 1050. The summed E-state index contributed by atoms with van der Waals surface area (Å²) in [6.45, 7) is 4.59. The van der Waals surface area contributed by atoms with Crippen molar-refractivity contribution in [1.29, 1.82) is 0 Å². The molecular weight excluding hydrogens is 410 g/mol. The molecule has 0 aliphatic carbocycles. The first-order chi connectivity index (χ1) is 13.8. The number of hydrogen-bond acceptors (Lipinski definition) is 5. The van der Waals surface area contributed by atoms with E-state index in [1.165, 1.54) is 14.7 Å². The third-order valence-corrected chi connectivity index (χ3v) is 9.16. The number of anilines is 1. The molecule has 0 bridgehead atoms. The van der Waals surface area contributed by atoms with E-state index in [2.05, 4.69) is 4.98 Å². The van der Waals surface area contributed by atoms with E-state index in [0.717, 1.165) is 12.0 Å².